The molecular formula is C33H29N5O2S2. The minimum Gasteiger partial charge on any atom is -0.494 e. The maximum Gasteiger partial charge on any atom is 0.291 e. The smallest absolute Gasteiger partial charge is 0.291 e. The first-order valence-corrected chi connectivity index (χ1v) is 15.6. The summed E-state index contributed by atoms with van der Waals surface area (Å²) in [6, 6.07) is 26.2. The molecule has 0 aliphatic heterocycles. The zero-order valence-electron chi connectivity index (χ0n) is 23.3. The Labute approximate surface area is 251 Å². The number of ether oxygens (including phenoxy) is 1. The molecular weight excluding hydrogens is 563 g/mol. The number of hydrogen-bond donors (Lipinski definition) is 0. The molecule has 6 aromatic rings. The second-order valence-electron chi connectivity index (χ2n) is 9.50. The van der Waals surface area contributed by atoms with Gasteiger partial charge in [-0.3, -0.25) is 4.79 Å². The minimum atomic E-state index is -0.201. The van der Waals surface area contributed by atoms with Crippen LogP contribution >= 0.6 is 23.1 Å². The van der Waals surface area contributed by atoms with Crippen molar-refractivity contribution in [2.24, 2.45) is 0 Å². The summed E-state index contributed by atoms with van der Waals surface area (Å²) in [5.74, 6) is 2.35. The highest BCUT2D eigenvalue weighted by molar-refractivity contribution is 7.99. The van der Waals surface area contributed by atoms with Gasteiger partial charge in [-0.15, -0.1) is 16.9 Å². The Hall–Kier alpha value is -4.47. The van der Waals surface area contributed by atoms with Crippen molar-refractivity contribution in [1.82, 2.24) is 24.4 Å². The van der Waals surface area contributed by atoms with E-state index in [9.17, 15) is 4.79 Å². The van der Waals surface area contributed by atoms with Gasteiger partial charge in [-0.1, -0.05) is 73.7 Å². The lowest BCUT2D eigenvalue weighted by atomic mass is 10.1. The molecule has 7 nitrogen and oxygen atoms in total. The summed E-state index contributed by atoms with van der Waals surface area (Å²) >= 11 is 3.12. The predicted octanol–water partition coefficient (Wildman–Crippen LogP) is 6.62. The van der Waals surface area contributed by atoms with Crippen LogP contribution in [0.5, 0.6) is 5.75 Å². The number of thiazole rings is 1. The summed E-state index contributed by atoms with van der Waals surface area (Å²) in [5.41, 5.74) is 4.38. The Kier molecular flexibility index (Phi) is 8.30. The maximum atomic E-state index is 13.4. The van der Waals surface area contributed by atoms with Crippen LogP contribution in [0.15, 0.2) is 94.7 Å². The van der Waals surface area contributed by atoms with Crippen LogP contribution in [0.4, 0.5) is 0 Å². The third-order valence-corrected chi connectivity index (χ3v) is 8.32. The van der Waals surface area contributed by atoms with E-state index >= 15 is 0 Å². The second-order valence-corrected chi connectivity index (χ2v) is 11.8. The SMILES string of the molecule is CCCOc1ccc(/C=C/c2nc3s/c(=C\c4cn(-c5ccccc5)nc4-c4ccc(SCC)cc4)c(=O)n3n2)cc1. The first-order chi connectivity index (χ1) is 20.6. The van der Waals surface area contributed by atoms with E-state index in [1.165, 1.54) is 20.7 Å². The summed E-state index contributed by atoms with van der Waals surface area (Å²) in [7, 11) is 0. The van der Waals surface area contributed by atoms with Gasteiger partial charge < -0.3 is 4.74 Å². The fourth-order valence-electron chi connectivity index (χ4n) is 4.43. The van der Waals surface area contributed by atoms with Gasteiger partial charge in [-0.05, 0) is 66.3 Å². The molecule has 9 heteroatoms. The number of benzene rings is 3. The van der Waals surface area contributed by atoms with E-state index < -0.39 is 0 Å². The van der Waals surface area contributed by atoms with Gasteiger partial charge in [0.15, 0.2) is 5.82 Å². The molecule has 0 aliphatic rings. The van der Waals surface area contributed by atoms with Crippen molar-refractivity contribution in [3.05, 3.63) is 117 Å². The van der Waals surface area contributed by atoms with Gasteiger partial charge in [0.1, 0.15) is 5.75 Å². The molecule has 0 saturated carbocycles. The van der Waals surface area contributed by atoms with Crippen molar-refractivity contribution in [3.63, 3.8) is 0 Å². The fraction of sp³-hybridized carbons (Fsp3) is 0.152. The Morgan fingerprint density at radius 2 is 1.71 bits per heavy atom. The van der Waals surface area contributed by atoms with Crippen LogP contribution in [-0.2, 0) is 0 Å². The Morgan fingerprint density at radius 3 is 2.43 bits per heavy atom. The molecule has 3 heterocycles. The van der Waals surface area contributed by atoms with Crippen molar-refractivity contribution in [3.8, 4) is 22.7 Å². The molecule has 0 fully saturated rings. The van der Waals surface area contributed by atoms with Crippen molar-refractivity contribution >= 4 is 46.3 Å². The molecule has 3 aromatic carbocycles. The van der Waals surface area contributed by atoms with Crippen molar-refractivity contribution in [1.29, 1.82) is 0 Å². The van der Waals surface area contributed by atoms with Crippen LogP contribution < -0.4 is 14.8 Å². The lowest BCUT2D eigenvalue weighted by molar-refractivity contribution is 0.317. The van der Waals surface area contributed by atoms with E-state index in [1.54, 1.807) is 11.8 Å². The van der Waals surface area contributed by atoms with Crippen LogP contribution in [0.25, 0.3) is 40.1 Å². The normalized spacial score (nSPS) is 12.1. The average molecular weight is 592 g/mol. The van der Waals surface area contributed by atoms with Gasteiger partial charge in [-0.2, -0.15) is 14.6 Å². The third kappa shape index (κ3) is 6.07. The van der Waals surface area contributed by atoms with Crippen LogP contribution in [0.2, 0.25) is 0 Å². The number of nitrogens with zero attached hydrogens (tertiary/aromatic N) is 5. The summed E-state index contributed by atoms with van der Waals surface area (Å²) in [6.07, 6.45) is 8.55. The molecule has 210 valence electrons. The molecule has 0 saturated heterocycles. The largest absolute Gasteiger partial charge is 0.494 e. The highest BCUT2D eigenvalue weighted by atomic mass is 32.2. The molecule has 0 spiro atoms. The first-order valence-electron chi connectivity index (χ1n) is 13.8. The van der Waals surface area contributed by atoms with Crippen molar-refractivity contribution < 1.29 is 4.74 Å². The Morgan fingerprint density at radius 1 is 0.929 bits per heavy atom. The molecule has 3 aromatic heterocycles. The fourth-order valence-corrected chi connectivity index (χ4v) is 6.00. The van der Waals surface area contributed by atoms with Crippen molar-refractivity contribution in [2.75, 3.05) is 12.4 Å². The highest BCUT2D eigenvalue weighted by Crippen LogP contribution is 2.27. The molecule has 0 N–H and O–H groups in total. The second kappa shape index (κ2) is 12.6. The minimum absolute atomic E-state index is 0.201. The molecule has 0 radical (unpaired) electrons. The molecule has 0 bridgehead atoms. The predicted molar refractivity (Wildman–Crippen MR) is 172 cm³/mol. The monoisotopic (exact) mass is 591 g/mol. The molecule has 0 aliphatic carbocycles. The standard InChI is InChI=1S/C33H29N5O2S2/c1-3-20-40-27-15-10-23(11-16-27)12-19-30-34-33-38(35-30)32(39)29(42-33)21-25-22-37(26-8-6-5-7-9-26)36-31(25)24-13-17-28(18-14-24)41-4-2/h5-19,21-22H,3-4,20H2,1-2H3/b19-12+,29-21-. The highest BCUT2D eigenvalue weighted by Gasteiger charge is 2.14. The van der Waals surface area contributed by atoms with E-state index in [0.717, 1.165) is 46.0 Å². The number of aromatic nitrogens is 5. The molecule has 6 rings (SSSR count). The average Bonchev–Trinajstić information content (AvgIpc) is 3.71. The van der Waals surface area contributed by atoms with Crippen LogP contribution in [-0.4, -0.2) is 36.7 Å². The first kappa shape index (κ1) is 27.7. The number of rotatable bonds is 10. The molecule has 0 atom stereocenters. The van der Waals surface area contributed by atoms with E-state index in [-0.39, 0.29) is 5.56 Å². The van der Waals surface area contributed by atoms with Crippen molar-refractivity contribution in [2.45, 2.75) is 25.2 Å². The lowest BCUT2D eigenvalue weighted by Crippen LogP contribution is -2.23. The van der Waals surface area contributed by atoms with Gasteiger partial charge in [0.05, 0.1) is 22.5 Å². The lowest BCUT2D eigenvalue weighted by Gasteiger charge is -2.03. The van der Waals surface area contributed by atoms with E-state index in [2.05, 4.69) is 48.2 Å². The molecule has 0 unspecified atom stereocenters. The third-order valence-electron chi connectivity index (χ3n) is 6.46. The maximum absolute atomic E-state index is 13.4. The topological polar surface area (TPSA) is 74.3 Å². The Balaban J connectivity index is 1.32. The summed E-state index contributed by atoms with van der Waals surface area (Å²) in [4.78, 5) is 19.7. The Bertz CT molecular complexity index is 1940. The zero-order chi connectivity index (χ0) is 28.9. The van der Waals surface area contributed by atoms with Gasteiger partial charge in [-0.25, -0.2) is 4.68 Å². The number of para-hydroxylation sites is 1. The number of thioether (sulfide) groups is 1. The van der Waals surface area contributed by atoms with Gasteiger partial charge in [0.25, 0.3) is 5.56 Å². The van der Waals surface area contributed by atoms with E-state index in [4.69, 9.17) is 9.84 Å². The van der Waals surface area contributed by atoms with Gasteiger partial charge in [0.2, 0.25) is 4.96 Å². The summed E-state index contributed by atoms with van der Waals surface area (Å²) in [5, 5.41) is 9.36. The number of hydrogen-bond acceptors (Lipinski definition) is 7. The quantitative estimate of drug-likeness (QED) is 0.167. The van der Waals surface area contributed by atoms with Crippen LogP contribution in [0, 0.1) is 0 Å². The zero-order valence-corrected chi connectivity index (χ0v) is 24.9. The van der Waals surface area contributed by atoms with Gasteiger partial charge in [0, 0.05) is 22.2 Å². The molecule has 42 heavy (non-hydrogen) atoms. The van der Waals surface area contributed by atoms with E-state index in [1.807, 2.05) is 83.7 Å². The van der Waals surface area contributed by atoms with Crippen LogP contribution in [0.3, 0.4) is 0 Å². The summed E-state index contributed by atoms with van der Waals surface area (Å²) in [6.45, 7) is 4.92. The summed E-state index contributed by atoms with van der Waals surface area (Å²) < 4.78 is 9.42. The van der Waals surface area contributed by atoms with E-state index in [0.29, 0.717) is 21.9 Å². The van der Waals surface area contributed by atoms with Crippen LogP contribution in [0.1, 0.15) is 37.2 Å². The molecule has 0 amide bonds. The number of fused-ring (bicyclic) bond motifs is 1. The van der Waals surface area contributed by atoms with Gasteiger partial charge >= 0.3 is 0 Å².